The minimum atomic E-state index is -0.959. The first-order valence-electron chi connectivity index (χ1n) is 7.26. The molecule has 3 heterocycles. The third kappa shape index (κ3) is 2.84. The summed E-state index contributed by atoms with van der Waals surface area (Å²) in [6, 6.07) is 0. The Morgan fingerprint density at radius 2 is 1.57 bits per heavy atom. The number of aliphatic hydroxyl groups is 1. The molecule has 3 aliphatic heterocycles. The Kier molecular flexibility index (Phi) is 3.81. The van der Waals surface area contributed by atoms with Gasteiger partial charge in [-0.2, -0.15) is 0 Å². The van der Waals surface area contributed by atoms with Crippen LogP contribution in [0, 0.1) is 0 Å². The highest BCUT2D eigenvalue weighted by Gasteiger charge is 2.58. The minimum absolute atomic E-state index is 0.344. The molecule has 6 atom stereocenters. The second-order valence-corrected chi connectivity index (χ2v) is 6.63. The lowest BCUT2D eigenvalue weighted by Gasteiger charge is -2.42. The molecule has 3 aliphatic rings. The van der Waals surface area contributed by atoms with E-state index in [0.29, 0.717) is 6.61 Å². The van der Waals surface area contributed by atoms with Crippen LogP contribution in [0.1, 0.15) is 27.7 Å². The van der Waals surface area contributed by atoms with Crippen molar-refractivity contribution in [3.8, 4) is 0 Å². The Balaban J connectivity index is 1.92. The lowest BCUT2D eigenvalue weighted by molar-refractivity contribution is -0.340. The molecule has 0 aromatic carbocycles. The first-order chi connectivity index (χ1) is 9.72. The Labute approximate surface area is 124 Å². The van der Waals surface area contributed by atoms with Crippen molar-refractivity contribution in [2.45, 2.75) is 76.1 Å². The van der Waals surface area contributed by atoms with Crippen LogP contribution in [0.4, 0.5) is 0 Å². The summed E-state index contributed by atoms with van der Waals surface area (Å²) in [5.41, 5.74) is 0. The van der Waals surface area contributed by atoms with Crippen molar-refractivity contribution in [2.75, 3.05) is 13.7 Å². The van der Waals surface area contributed by atoms with Gasteiger partial charge in [0.05, 0.1) is 6.61 Å². The summed E-state index contributed by atoms with van der Waals surface area (Å²) < 4.78 is 34.5. The summed E-state index contributed by atoms with van der Waals surface area (Å²) in [5.74, 6) is -1.52. The first-order valence-corrected chi connectivity index (χ1v) is 7.26. The normalized spacial score (nSPS) is 48.3. The van der Waals surface area contributed by atoms with Gasteiger partial charge in [-0.05, 0) is 27.7 Å². The van der Waals surface area contributed by atoms with Gasteiger partial charge in [0.1, 0.15) is 30.5 Å². The standard InChI is InChI=1S/C14H24O7/c1-13(2)17-6-7-9(19-13)11-10(20-14(3,4)21-11)8(15)12(16-5)18-7/h7-12,15H,6H2,1-5H3/t7?,8?,9-,10?,11-,12-/m0/s1. The van der Waals surface area contributed by atoms with E-state index in [1.807, 2.05) is 27.7 Å². The van der Waals surface area contributed by atoms with E-state index in [4.69, 9.17) is 28.4 Å². The van der Waals surface area contributed by atoms with Gasteiger partial charge < -0.3 is 33.5 Å². The number of ether oxygens (including phenoxy) is 6. The summed E-state index contributed by atoms with van der Waals surface area (Å²) in [5, 5.41) is 10.5. The van der Waals surface area contributed by atoms with Gasteiger partial charge in [-0.15, -0.1) is 0 Å². The number of fused-ring (bicyclic) bond motifs is 3. The Morgan fingerprint density at radius 1 is 0.952 bits per heavy atom. The minimum Gasteiger partial charge on any atom is -0.385 e. The van der Waals surface area contributed by atoms with Crippen LogP contribution in [0.2, 0.25) is 0 Å². The average molecular weight is 304 g/mol. The second kappa shape index (κ2) is 5.13. The van der Waals surface area contributed by atoms with E-state index in [1.165, 1.54) is 7.11 Å². The quantitative estimate of drug-likeness (QED) is 0.751. The molecule has 7 heteroatoms. The molecule has 0 amide bonds. The van der Waals surface area contributed by atoms with Gasteiger partial charge in [-0.25, -0.2) is 0 Å². The maximum Gasteiger partial charge on any atom is 0.186 e. The van der Waals surface area contributed by atoms with Crippen molar-refractivity contribution in [1.29, 1.82) is 0 Å². The zero-order chi connectivity index (χ0) is 15.4. The molecule has 0 aromatic rings. The van der Waals surface area contributed by atoms with Crippen molar-refractivity contribution < 1.29 is 33.5 Å². The number of rotatable bonds is 1. The molecule has 0 radical (unpaired) electrons. The van der Waals surface area contributed by atoms with Crippen molar-refractivity contribution in [3.05, 3.63) is 0 Å². The maximum atomic E-state index is 10.5. The fourth-order valence-corrected chi connectivity index (χ4v) is 3.15. The zero-order valence-electron chi connectivity index (χ0n) is 13.1. The summed E-state index contributed by atoms with van der Waals surface area (Å²) >= 11 is 0. The average Bonchev–Trinajstić information content (AvgIpc) is 2.67. The fraction of sp³-hybridized carbons (Fsp3) is 1.00. The number of hydrogen-bond donors (Lipinski definition) is 1. The summed E-state index contributed by atoms with van der Waals surface area (Å²) in [7, 11) is 1.48. The fourth-order valence-electron chi connectivity index (χ4n) is 3.15. The van der Waals surface area contributed by atoms with Crippen LogP contribution in [-0.4, -0.2) is 67.2 Å². The van der Waals surface area contributed by atoms with Crippen LogP contribution in [0.3, 0.4) is 0 Å². The number of methoxy groups -OCH3 is 1. The Morgan fingerprint density at radius 3 is 2.24 bits per heavy atom. The molecular formula is C14H24O7. The summed E-state index contributed by atoms with van der Waals surface area (Å²) in [6.07, 6.45) is -3.56. The van der Waals surface area contributed by atoms with E-state index in [0.717, 1.165) is 0 Å². The third-order valence-electron chi connectivity index (χ3n) is 4.03. The van der Waals surface area contributed by atoms with Crippen LogP contribution in [0.15, 0.2) is 0 Å². The molecule has 3 saturated heterocycles. The molecular weight excluding hydrogens is 280 g/mol. The molecule has 0 saturated carbocycles. The van der Waals surface area contributed by atoms with E-state index in [2.05, 4.69) is 0 Å². The molecule has 122 valence electrons. The molecule has 0 bridgehead atoms. The Hall–Kier alpha value is -0.280. The van der Waals surface area contributed by atoms with Crippen molar-refractivity contribution >= 4 is 0 Å². The van der Waals surface area contributed by atoms with Crippen LogP contribution >= 0.6 is 0 Å². The molecule has 0 spiro atoms. The Bertz CT molecular complexity index is 397. The predicted octanol–water partition coefficient (Wildman–Crippen LogP) is 0.390. The number of hydrogen-bond acceptors (Lipinski definition) is 7. The molecule has 3 fully saturated rings. The smallest absolute Gasteiger partial charge is 0.186 e. The summed E-state index contributed by atoms with van der Waals surface area (Å²) in [4.78, 5) is 0. The van der Waals surface area contributed by atoms with Crippen LogP contribution in [0.5, 0.6) is 0 Å². The molecule has 7 nitrogen and oxygen atoms in total. The largest absolute Gasteiger partial charge is 0.385 e. The van der Waals surface area contributed by atoms with Gasteiger partial charge >= 0.3 is 0 Å². The highest BCUT2D eigenvalue weighted by molar-refractivity contribution is 5.00. The van der Waals surface area contributed by atoms with Crippen LogP contribution in [0.25, 0.3) is 0 Å². The number of aliphatic hydroxyl groups excluding tert-OH is 1. The van der Waals surface area contributed by atoms with E-state index in [-0.39, 0.29) is 6.10 Å². The molecule has 3 unspecified atom stereocenters. The second-order valence-electron chi connectivity index (χ2n) is 6.63. The van der Waals surface area contributed by atoms with E-state index >= 15 is 0 Å². The van der Waals surface area contributed by atoms with Crippen LogP contribution < -0.4 is 0 Å². The van der Waals surface area contributed by atoms with E-state index in [9.17, 15) is 5.11 Å². The third-order valence-corrected chi connectivity index (χ3v) is 4.03. The molecule has 3 rings (SSSR count). The zero-order valence-corrected chi connectivity index (χ0v) is 13.1. The first kappa shape index (κ1) is 15.6. The van der Waals surface area contributed by atoms with E-state index < -0.39 is 42.3 Å². The molecule has 0 aromatic heterocycles. The molecule has 0 aliphatic carbocycles. The van der Waals surface area contributed by atoms with Crippen molar-refractivity contribution in [3.63, 3.8) is 0 Å². The molecule has 21 heavy (non-hydrogen) atoms. The van der Waals surface area contributed by atoms with Gasteiger partial charge in [0.2, 0.25) is 0 Å². The predicted molar refractivity (Wildman–Crippen MR) is 70.4 cm³/mol. The van der Waals surface area contributed by atoms with Gasteiger partial charge in [0, 0.05) is 7.11 Å². The van der Waals surface area contributed by atoms with E-state index in [1.54, 1.807) is 0 Å². The van der Waals surface area contributed by atoms with Crippen LogP contribution in [-0.2, 0) is 28.4 Å². The maximum absolute atomic E-state index is 10.5. The van der Waals surface area contributed by atoms with Gasteiger partial charge in [0.15, 0.2) is 17.9 Å². The topological polar surface area (TPSA) is 75.6 Å². The van der Waals surface area contributed by atoms with Crippen molar-refractivity contribution in [1.82, 2.24) is 0 Å². The highest BCUT2D eigenvalue weighted by Crippen LogP contribution is 2.40. The summed E-state index contributed by atoms with van der Waals surface area (Å²) in [6.45, 7) is 7.66. The SMILES string of the molecule is CO[C@H]1OC2COC(C)(C)O[C@@H]2[C@@H]2OC(C)(C)OC2C1O. The molecule has 1 N–H and O–H groups in total. The lowest BCUT2D eigenvalue weighted by atomic mass is 10.00. The highest BCUT2D eigenvalue weighted by atomic mass is 16.8. The lowest BCUT2D eigenvalue weighted by Crippen LogP contribution is -2.55. The monoisotopic (exact) mass is 304 g/mol. The van der Waals surface area contributed by atoms with Gasteiger partial charge in [0.25, 0.3) is 0 Å². The van der Waals surface area contributed by atoms with Crippen molar-refractivity contribution in [2.24, 2.45) is 0 Å². The van der Waals surface area contributed by atoms with Gasteiger partial charge in [-0.1, -0.05) is 0 Å². The van der Waals surface area contributed by atoms with Gasteiger partial charge in [-0.3, -0.25) is 0 Å².